The molecular formula is C32H26F2S. The van der Waals surface area contributed by atoms with Gasteiger partial charge < -0.3 is 0 Å². The van der Waals surface area contributed by atoms with Crippen molar-refractivity contribution >= 4 is 53.1 Å². The van der Waals surface area contributed by atoms with Crippen molar-refractivity contribution in [2.45, 2.75) is 39.0 Å². The molecule has 0 bridgehead atoms. The molecule has 0 N–H and O–H groups in total. The van der Waals surface area contributed by atoms with Crippen molar-refractivity contribution in [1.82, 2.24) is 0 Å². The predicted octanol–water partition coefficient (Wildman–Crippen LogP) is 10.4. The molecule has 6 rings (SSSR count). The molecule has 0 fully saturated rings. The molecule has 6 aromatic rings. The molecule has 3 heteroatoms. The van der Waals surface area contributed by atoms with E-state index in [0.29, 0.717) is 0 Å². The molecule has 0 saturated heterocycles. The SMILES string of the molecule is CCCCCCc1ccc(-c2ccc3cc4c(cc3c2)sc2cc3cc(F)c(F)cc3cc24)cc1. The zero-order chi connectivity index (χ0) is 23.9. The van der Waals surface area contributed by atoms with Gasteiger partial charge in [0.2, 0.25) is 0 Å². The summed E-state index contributed by atoms with van der Waals surface area (Å²) in [4.78, 5) is 0. The van der Waals surface area contributed by atoms with E-state index >= 15 is 0 Å². The summed E-state index contributed by atoms with van der Waals surface area (Å²) in [7, 11) is 0. The van der Waals surface area contributed by atoms with E-state index < -0.39 is 11.6 Å². The molecule has 174 valence electrons. The molecule has 35 heavy (non-hydrogen) atoms. The molecule has 0 unspecified atom stereocenters. The number of unbranched alkanes of at least 4 members (excludes halogenated alkanes) is 3. The van der Waals surface area contributed by atoms with Gasteiger partial charge >= 0.3 is 0 Å². The summed E-state index contributed by atoms with van der Waals surface area (Å²) in [5, 5.41) is 6.07. The summed E-state index contributed by atoms with van der Waals surface area (Å²) in [5.74, 6) is -1.61. The number of rotatable bonds is 6. The maximum Gasteiger partial charge on any atom is 0.159 e. The van der Waals surface area contributed by atoms with Gasteiger partial charge in [0.25, 0.3) is 0 Å². The van der Waals surface area contributed by atoms with Crippen molar-refractivity contribution in [3.8, 4) is 11.1 Å². The van der Waals surface area contributed by atoms with E-state index in [4.69, 9.17) is 0 Å². The van der Waals surface area contributed by atoms with Gasteiger partial charge in [-0.3, -0.25) is 0 Å². The number of fused-ring (bicyclic) bond motifs is 5. The third kappa shape index (κ3) is 4.19. The Kier molecular flexibility index (Phi) is 5.74. The molecule has 0 aliphatic heterocycles. The third-order valence-corrected chi connectivity index (χ3v) is 8.15. The monoisotopic (exact) mass is 480 g/mol. The van der Waals surface area contributed by atoms with Crippen LogP contribution in [0.1, 0.15) is 38.2 Å². The molecule has 0 saturated carbocycles. The van der Waals surface area contributed by atoms with Crippen LogP contribution in [-0.4, -0.2) is 0 Å². The van der Waals surface area contributed by atoms with Crippen molar-refractivity contribution in [3.05, 3.63) is 96.1 Å². The van der Waals surface area contributed by atoms with Crippen molar-refractivity contribution < 1.29 is 8.78 Å². The van der Waals surface area contributed by atoms with E-state index in [1.807, 2.05) is 12.1 Å². The fraction of sp³-hybridized carbons (Fsp3) is 0.188. The number of halogens is 2. The highest BCUT2D eigenvalue weighted by atomic mass is 32.1. The highest BCUT2D eigenvalue weighted by Gasteiger charge is 2.11. The van der Waals surface area contributed by atoms with Crippen LogP contribution >= 0.6 is 11.3 Å². The minimum Gasteiger partial charge on any atom is -0.204 e. The van der Waals surface area contributed by atoms with Gasteiger partial charge in [0.15, 0.2) is 11.6 Å². The van der Waals surface area contributed by atoms with Gasteiger partial charge in [-0.15, -0.1) is 11.3 Å². The highest BCUT2D eigenvalue weighted by molar-refractivity contribution is 7.26. The highest BCUT2D eigenvalue weighted by Crippen LogP contribution is 2.39. The van der Waals surface area contributed by atoms with Crippen LogP contribution < -0.4 is 0 Å². The lowest BCUT2D eigenvalue weighted by atomic mass is 9.98. The van der Waals surface area contributed by atoms with Crippen molar-refractivity contribution in [1.29, 1.82) is 0 Å². The fourth-order valence-corrected chi connectivity index (χ4v) is 6.22. The Labute approximate surface area is 207 Å². The van der Waals surface area contributed by atoms with Crippen LogP contribution in [0.4, 0.5) is 8.78 Å². The molecular weight excluding hydrogens is 454 g/mol. The molecule has 0 amide bonds. The summed E-state index contributed by atoms with van der Waals surface area (Å²) < 4.78 is 29.8. The summed E-state index contributed by atoms with van der Waals surface area (Å²) in [6, 6.07) is 26.6. The lowest BCUT2D eigenvalue weighted by Crippen LogP contribution is -1.86. The second-order valence-corrected chi connectivity index (χ2v) is 10.6. The Balaban J connectivity index is 1.37. The summed E-state index contributed by atoms with van der Waals surface area (Å²) in [6.45, 7) is 2.25. The third-order valence-electron chi connectivity index (χ3n) is 7.03. The van der Waals surface area contributed by atoms with Gasteiger partial charge in [-0.2, -0.15) is 0 Å². The summed E-state index contributed by atoms with van der Waals surface area (Å²) in [6.07, 6.45) is 6.30. The molecule has 1 aromatic heterocycles. The predicted molar refractivity (Wildman–Crippen MR) is 148 cm³/mol. The zero-order valence-electron chi connectivity index (χ0n) is 19.7. The van der Waals surface area contributed by atoms with Crippen LogP contribution in [0.5, 0.6) is 0 Å². The molecule has 1 heterocycles. The normalized spacial score (nSPS) is 11.9. The quantitative estimate of drug-likeness (QED) is 0.208. The Bertz CT molecular complexity index is 1690. The number of hydrogen-bond donors (Lipinski definition) is 0. The van der Waals surface area contributed by atoms with E-state index in [2.05, 4.69) is 61.5 Å². The minimum atomic E-state index is -0.807. The molecule has 0 atom stereocenters. The van der Waals surface area contributed by atoms with Crippen LogP contribution in [-0.2, 0) is 6.42 Å². The summed E-state index contributed by atoms with van der Waals surface area (Å²) in [5.41, 5.74) is 3.85. The fourth-order valence-electron chi connectivity index (χ4n) is 5.06. The van der Waals surface area contributed by atoms with Crippen molar-refractivity contribution in [3.63, 3.8) is 0 Å². The van der Waals surface area contributed by atoms with E-state index in [1.54, 1.807) is 11.3 Å². The number of thiophene rings is 1. The molecule has 0 spiro atoms. The zero-order valence-corrected chi connectivity index (χ0v) is 20.5. The minimum absolute atomic E-state index is 0.723. The Morgan fingerprint density at radius 2 is 1.17 bits per heavy atom. The molecule has 5 aromatic carbocycles. The average Bonchev–Trinajstić information content (AvgIpc) is 3.20. The molecule has 0 nitrogen and oxygen atoms in total. The van der Waals surface area contributed by atoms with Crippen LogP contribution in [0.2, 0.25) is 0 Å². The van der Waals surface area contributed by atoms with Crippen molar-refractivity contribution in [2.75, 3.05) is 0 Å². The standard InChI is InChI=1S/C32H26F2S/c1-2-3-4-5-6-20-7-9-21(10-8-20)22-11-12-23-14-27-28-15-25-16-29(33)30(34)17-26(25)19-32(28)35-31(27)18-24(23)13-22/h7-19H,2-6H2,1H3. The average molecular weight is 481 g/mol. The Morgan fingerprint density at radius 1 is 0.571 bits per heavy atom. The smallest absolute Gasteiger partial charge is 0.159 e. The van der Waals surface area contributed by atoms with Gasteiger partial charge in [0.1, 0.15) is 0 Å². The van der Waals surface area contributed by atoms with Gasteiger partial charge in [0.05, 0.1) is 0 Å². The molecule has 0 radical (unpaired) electrons. The summed E-state index contributed by atoms with van der Waals surface area (Å²) >= 11 is 1.70. The Morgan fingerprint density at radius 3 is 1.86 bits per heavy atom. The van der Waals surface area contributed by atoms with Crippen molar-refractivity contribution in [2.24, 2.45) is 0 Å². The second kappa shape index (κ2) is 9.05. The van der Waals surface area contributed by atoms with E-state index in [0.717, 1.165) is 32.7 Å². The maximum absolute atomic E-state index is 13.8. The number of hydrogen-bond acceptors (Lipinski definition) is 1. The molecule has 0 aliphatic carbocycles. The van der Waals surface area contributed by atoms with Crippen LogP contribution in [0, 0.1) is 11.6 Å². The first-order valence-electron chi connectivity index (χ1n) is 12.4. The topological polar surface area (TPSA) is 0 Å². The van der Waals surface area contributed by atoms with Gasteiger partial charge in [0, 0.05) is 20.2 Å². The maximum atomic E-state index is 13.8. The van der Waals surface area contributed by atoms with Gasteiger partial charge in [-0.25, -0.2) is 8.78 Å². The first-order chi connectivity index (χ1) is 17.1. The van der Waals surface area contributed by atoms with E-state index in [1.165, 1.54) is 70.0 Å². The molecule has 0 aliphatic rings. The first-order valence-corrected chi connectivity index (χ1v) is 13.2. The van der Waals surface area contributed by atoms with Crippen LogP contribution in [0.25, 0.3) is 52.8 Å². The second-order valence-electron chi connectivity index (χ2n) is 9.48. The van der Waals surface area contributed by atoms with Crippen LogP contribution in [0.15, 0.2) is 78.9 Å². The van der Waals surface area contributed by atoms with Crippen LogP contribution in [0.3, 0.4) is 0 Å². The van der Waals surface area contributed by atoms with E-state index in [9.17, 15) is 8.78 Å². The van der Waals surface area contributed by atoms with E-state index in [-0.39, 0.29) is 0 Å². The largest absolute Gasteiger partial charge is 0.204 e. The first kappa shape index (κ1) is 22.2. The Hall–Kier alpha value is -3.30. The lowest BCUT2D eigenvalue weighted by Gasteiger charge is -2.07. The number of aryl methyl sites for hydroxylation is 1. The number of benzene rings is 5. The van der Waals surface area contributed by atoms with Gasteiger partial charge in [-0.05, 0) is 93.5 Å². The lowest BCUT2D eigenvalue weighted by molar-refractivity contribution is 0.511. The van der Waals surface area contributed by atoms with Gasteiger partial charge in [-0.1, -0.05) is 62.6 Å².